The van der Waals surface area contributed by atoms with Gasteiger partial charge in [-0.2, -0.15) is 0 Å². The van der Waals surface area contributed by atoms with Crippen molar-refractivity contribution in [2.45, 2.75) is 51.1 Å². The fraction of sp³-hybridized carbons (Fsp3) is 0.667. The molecule has 1 saturated heterocycles. The molecule has 0 radical (unpaired) electrons. The Labute approximate surface area is 136 Å². The highest BCUT2D eigenvalue weighted by molar-refractivity contribution is 9.12. The summed E-state index contributed by atoms with van der Waals surface area (Å²) in [6.45, 7) is 11.7. The predicted octanol–water partition coefficient (Wildman–Crippen LogP) is 3.78. The zero-order chi connectivity index (χ0) is 16.3. The van der Waals surface area contributed by atoms with Crippen molar-refractivity contribution in [3.05, 3.63) is 22.7 Å². The first-order chi connectivity index (χ1) is 9.58. The molecule has 1 aliphatic rings. The van der Waals surface area contributed by atoms with Crippen molar-refractivity contribution in [2.75, 3.05) is 13.7 Å². The van der Waals surface area contributed by atoms with E-state index in [4.69, 9.17) is 9.16 Å². The van der Waals surface area contributed by atoms with Crippen LogP contribution in [0.15, 0.2) is 22.7 Å². The third kappa shape index (κ3) is 5.69. The van der Waals surface area contributed by atoms with Crippen molar-refractivity contribution >= 4 is 30.2 Å². The van der Waals surface area contributed by atoms with Crippen LogP contribution < -0.4 is 0 Å². The number of epoxide rings is 1. The summed E-state index contributed by atoms with van der Waals surface area (Å²) in [6.07, 6.45) is 5.64. The van der Waals surface area contributed by atoms with E-state index in [2.05, 4.69) is 54.5 Å². The Hall–Kier alpha value is -0.433. The maximum atomic E-state index is 11.2. The van der Waals surface area contributed by atoms with Gasteiger partial charge in [-0.1, -0.05) is 32.9 Å². The van der Waals surface area contributed by atoms with E-state index in [1.165, 1.54) is 7.11 Å². The highest BCUT2D eigenvalue weighted by Gasteiger charge is 2.37. The van der Waals surface area contributed by atoms with E-state index < -0.39 is 14.3 Å². The van der Waals surface area contributed by atoms with Gasteiger partial charge in [0.2, 0.25) is 0 Å². The lowest BCUT2D eigenvalue weighted by molar-refractivity contribution is -0.135. The molecule has 120 valence electrons. The van der Waals surface area contributed by atoms with Gasteiger partial charge in [-0.15, -0.1) is 0 Å². The van der Waals surface area contributed by atoms with Crippen LogP contribution in [0.3, 0.4) is 0 Å². The second-order valence-corrected chi connectivity index (χ2v) is 12.2. The molecule has 6 heteroatoms. The van der Waals surface area contributed by atoms with Gasteiger partial charge in [0.25, 0.3) is 0 Å². The maximum Gasteiger partial charge on any atom is 0.344 e. The van der Waals surface area contributed by atoms with E-state index in [-0.39, 0.29) is 17.2 Å². The number of halogens is 1. The molecule has 0 bridgehead atoms. The fourth-order valence-electron chi connectivity index (χ4n) is 1.40. The quantitative estimate of drug-likeness (QED) is 0.232. The number of esters is 1. The molecule has 0 amide bonds. The molecule has 0 aromatic heterocycles. The number of hydrogen-bond acceptors (Lipinski definition) is 4. The van der Waals surface area contributed by atoms with Gasteiger partial charge in [0, 0.05) is 0 Å². The van der Waals surface area contributed by atoms with E-state index in [1.54, 1.807) is 6.08 Å². The summed E-state index contributed by atoms with van der Waals surface area (Å²) in [7, 11) is -0.344. The van der Waals surface area contributed by atoms with Gasteiger partial charge in [-0.3, -0.25) is 0 Å². The molecule has 0 aromatic carbocycles. The maximum absolute atomic E-state index is 11.2. The number of ether oxygens (including phenoxy) is 2. The van der Waals surface area contributed by atoms with Crippen LogP contribution >= 0.6 is 15.9 Å². The molecule has 4 nitrogen and oxygen atoms in total. The zero-order valence-electron chi connectivity index (χ0n) is 13.6. The second-order valence-electron chi connectivity index (χ2n) is 6.57. The van der Waals surface area contributed by atoms with E-state index in [1.807, 2.05) is 12.2 Å². The summed E-state index contributed by atoms with van der Waals surface area (Å²) >= 11 is 3.16. The molecule has 1 rings (SSSR count). The molecule has 0 aromatic rings. The highest BCUT2D eigenvalue weighted by Crippen LogP contribution is 2.36. The molecule has 1 heterocycles. The normalized spacial score (nSPS) is 23.5. The largest absolute Gasteiger partial charge is 0.465 e. The van der Waals surface area contributed by atoms with E-state index in [9.17, 15) is 4.79 Å². The van der Waals surface area contributed by atoms with Gasteiger partial charge in [-0.05, 0) is 40.1 Å². The van der Waals surface area contributed by atoms with Crippen molar-refractivity contribution in [2.24, 2.45) is 0 Å². The SMILES string of the molecule is COC(=O)/C(Br)=C/[C@H]1O[C@@H]1/C=C/CO[Si](C)(C)C(C)(C)C. The Morgan fingerprint density at radius 2 is 1.95 bits per heavy atom. The summed E-state index contributed by atoms with van der Waals surface area (Å²) in [4.78, 5) is 11.2. The topological polar surface area (TPSA) is 48.1 Å². The molecule has 0 unspecified atom stereocenters. The van der Waals surface area contributed by atoms with Crippen molar-refractivity contribution in [1.29, 1.82) is 0 Å². The number of rotatable bonds is 6. The Morgan fingerprint density at radius 3 is 2.48 bits per heavy atom. The first-order valence-corrected chi connectivity index (χ1v) is 10.7. The minimum absolute atomic E-state index is 0.0187. The number of carbonyl (C=O) groups is 1. The van der Waals surface area contributed by atoms with Gasteiger partial charge < -0.3 is 13.9 Å². The lowest BCUT2D eigenvalue weighted by Crippen LogP contribution is -2.40. The second kappa shape index (κ2) is 7.22. The standard InChI is InChI=1S/C15H25BrO4Si/c1-15(2,3)21(5,6)19-9-7-8-12-13(20-12)10-11(16)14(17)18-4/h7-8,10,12-13H,9H2,1-6H3/b8-7+,11-10-/t12-,13-/m1/s1. The van der Waals surface area contributed by atoms with Gasteiger partial charge in [0.1, 0.15) is 16.7 Å². The zero-order valence-corrected chi connectivity index (χ0v) is 16.2. The Kier molecular flexibility index (Phi) is 6.40. The molecule has 0 N–H and O–H groups in total. The van der Waals surface area contributed by atoms with Gasteiger partial charge in [-0.25, -0.2) is 4.79 Å². The Balaban J connectivity index is 2.37. The van der Waals surface area contributed by atoms with E-state index in [0.717, 1.165) is 0 Å². The first-order valence-electron chi connectivity index (χ1n) is 7.00. The number of hydrogen-bond donors (Lipinski definition) is 0. The molecule has 0 saturated carbocycles. The first kappa shape index (κ1) is 18.6. The third-order valence-electron chi connectivity index (χ3n) is 3.92. The van der Waals surface area contributed by atoms with Gasteiger partial charge in [0.05, 0.1) is 13.7 Å². The minimum atomic E-state index is -1.69. The molecule has 0 aliphatic carbocycles. The van der Waals surface area contributed by atoms with Gasteiger partial charge >= 0.3 is 5.97 Å². The van der Waals surface area contributed by atoms with Crippen molar-refractivity contribution in [3.63, 3.8) is 0 Å². The van der Waals surface area contributed by atoms with Crippen molar-refractivity contribution < 1.29 is 18.7 Å². The summed E-state index contributed by atoms with van der Waals surface area (Å²) < 4.78 is 16.5. The molecular formula is C15H25BrO4Si. The lowest BCUT2D eigenvalue weighted by atomic mass is 10.2. The summed E-state index contributed by atoms with van der Waals surface area (Å²) in [6, 6.07) is 0. The van der Waals surface area contributed by atoms with E-state index >= 15 is 0 Å². The predicted molar refractivity (Wildman–Crippen MR) is 90.0 cm³/mol. The molecule has 2 atom stereocenters. The minimum Gasteiger partial charge on any atom is -0.465 e. The molecule has 0 spiro atoms. The molecular weight excluding hydrogens is 352 g/mol. The van der Waals surface area contributed by atoms with Crippen LogP contribution in [0.4, 0.5) is 0 Å². The Morgan fingerprint density at radius 1 is 1.33 bits per heavy atom. The molecule has 1 fully saturated rings. The number of methoxy groups -OCH3 is 1. The fourth-order valence-corrected chi connectivity index (χ4v) is 2.77. The Bertz CT molecular complexity index is 437. The highest BCUT2D eigenvalue weighted by atomic mass is 79.9. The summed E-state index contributed by atoms with van der Waals surface area (Å²) in [5, 5.41) is 0.216. The van der Waals surface area contributed by atoms with Crippen molar-refractivity contribution in [1.82, 2.24) is 0 Å². The van der Waals surface area contributed by atoms with Crippen molar-refractivity contribution in [3.8, 4) is 0 Å². The summed E-state index contributed by atoms with van der Waals surface area (Å²) in [5.41, 5.74) is 0. The number of carbonyl (C=O) groups excluding carboxylic acids is 1. The van der Waals surface area contributed by atoms with Crippen LogP contribution in [-0.4, -0.2) is 40.2 Å². The average Bonchev–Trinajstić information content (AvgIpc) is 3.10. The van der Waals surface area contributed by atoms with Crippen LogP contribution in [0.5, 0.6) is 0 Å². The molecule has 21 heavy (non-hydrogen) atoms. The van der Waals surface area contributed by atoms with Crippen LogP contribution in [0, 0.1) is 0 Å². The van der Waals surface area contributed by atoms with E-state index in [0.29, 0.717) is 11.1 Å². The van der Waals surface area contributed by atoms with Crippen LogP contribution in [-0.2, 0) is 18.7 Å². The smallest absolute Gasteiger partial charge is 0.344 e. The van der Waals surface area contributed by atoms with Crippen LogP contribution in [0.1, 0.15) is 20.8 Å². The third-order valence-corrected chi connectivity index (χ3v) is 9.01. The lowest BCUT2D eigenvalue weighted by Gasteiger charge is -2.35. The van der Waals surface area contributed by atoms with Crippen LogP contribution in [0.2, 0.25) is 18.1 Å². The summed E-state index contributed by atoms with van der Waals surface area (Å²) in [5.74, 6) is -0.394. The average molecular weight is 377 g/mol. The van der Waals surface area contributed by atoms with Gasteiger partial charge in [0.15, 0.2) is 8.32 Å². The monoisotopic (exact) mass is 376 g/mol. The molecule has 1 aliphatic heterocycles. The van der Waals surface area contributed by atoms with Crippen LogP contribution in [0.25, 0.3) is 0 Å².